The summed E-state index contributed by atoms with van der Waals surface area (Å²) in [6.45, 7) is 7.75. The highest BCUT2D eigenvalue weighted by Gasteiger charge is 2.17. The third-order valence-electron chi connectivity index (χ3n) is 3.19. The highest BCUT2D eigenvalue weighted by atomic mass is 32.2. The Balaban J connectivity index is 2.06. The first-order valence-corrected chi connectivity index (χ1v) is 7.07. The van der Waals surface area contributed by atoms with Crippen LogP contribution in [-0.2, 0) is 6.54 Å². The molecule has 0 radical (unpaired) electrons. The predicted octanol–water partition coefficient (Wildman–Crippen LogP) is 2.80. The zero-order chi connectivity index (χ0) is 12.3. The van der Waals surface area contributed by atoms with Gasteiger partial charge >= 0.3 is 0 Å². The molecule has 1 fully saturated rings. The number of nitrogens with zero attached hydrogens (tertiary/aromatic N) is 2. The van der Waals surface area contributed by atoms with E-state index in [1.54, 1.807) is 0 Å². The van der Waals surface area contributed by atoms with Gasteiger partial charge in [0.1, 0.15) is 0 Å². The lowest BCUT2D eigenvalue weighted by Gasteiger charge is -2.30. The predicted molar refractivity (Wildman–Crippen MR) is 73.1 cm³/mol. The minimum absolute atomic E-state index is 0.738. The van der Waals surface area contributed by atoms with Crippen molar-refractivity contribution in [2.24, 2.45) is 0 Å². The summed E-state index contributed by atoms with van der Waals surface area (Å²) in [7, 11) is 0. The van der Waals surface area contributed by atoms with Gasteiger partial charge in [0, 0.05) is 30.6 Å². The number of nitriles is 1. The summed E-state index contributed by atoms with van der Waals surface area (Å²) in [6, 6.07) is 8.19. The SMILES string of the molecule is Cc1cc(C#N)ccc1CN1CCSC(C)C1. The number of aryl methyl sites for hydroxylation is 1. The first-order valence-electron chi connectivity index (χ1n) is 6.02. The Kier molecular flexibility index (Phi) is 4.09. The van der Waals surface area contributed by atoms with E-state index in [0.29, 0.717) is 0 Å². The molecule has 0 saturated carbocycles. The number of thioether (sulfide) groups is 1. The zero-order valence-corrected chi connectivity index (χ0v) is 11.3. The van der Waals surface area contributed by atoms with Crippen LogP contribution in [0.15, 0.2) is 18.2 Å². The summed E-state index contributed by atoms with van der Waals surface area (Å²) in [5.74, 6) is 1.23. The van der Waals surface area contributed by atoms with Crippen molar-refractivity contribution in [3.8, 4) is 6.07 Å². The molecule has 1 heterocycles. The maximum Gasteiger partial charge on any atom is 0.0991 e. The van der Waals surface area contributed by atoms with E-state index >= 15 is 0 Å². The minimum atomic E-state index is 0.738. The molecule has 1 aliphatic heterocycles. The van der Waals surface area contributed by atoms with Gasteiger partial charge in [-0.1, -0.05) is 13.0 Å². The molecule has 3 heteroatoms. The first-order chi connectivity index (χ1) is 8.19. The topological polar surface area (TPSA) is 27.0 Å². The van der Waals surface area contributed by atoms with Crippen LogP contribution in [0.3, 0.4) is 0 Å². The molecule has 2 nitrogen and oxygen atoms in total. The van der Waals surface area contributed by atoms with Gasteiger partial charge in [0.15, 0.2) is 0 Å². The fourth-order valence-corrected chi connectivity index (χ4v) is 3.30. The Morgan fingerprint density at radius 1 is 1.53 bits per heavy atom. The molecule has 1 aromatic rings. The van der Waals surface area contributed by atoms with E-state index in [-0.39, 0.29) is 0 Å². The van der Waals surface area contributed by atoms with Crippen LogP contribution >= 0.6 is 11.8 Å². The second kappa shape index (κ2) is 5.57. The second-order valence-corrected chi connectivity index (χ2v) is 6.22. The minimum Gasteiger partial charge on any atom is -0.297 e. The van der Waals surface area contributed by atoms with E-state index in [2.05, 4.69) is 42.6 Å². The molecular formula is C14H18N2S. The van der Waals surface area contributed by atoms with Crippen molar-refractivity contribution in [1.82, 2.24) is 4.90 Å². The van der Waals surface area contributed by atoms with Gasteiger partial charge in [-0.2, -0.15) is 17.0 Å². The molecule has 17 heavy (non-hydrogen) atoms. The second-order valence-electron chi connectivity index (χ2n) is 4.67. The van der Waals surface area contributed by atoms with Gasteiger partial charge in [-0.15, -0.1) is 0 Å². The lowest BCUT2D eigenvalue weighted by molar-refractivity contribution is 0.278. The highest BCUT2D eigenvalue weighted by molar-refractivity contribution is 7.99. The van der Waals surface area contributed by atoms with Crippen LogP contribution in [0.5, 0.6) is 0 Å². The standard InChI is InChI=1S/C14H18N2S/c1-11-7-13(8-15)3-4-14(11)10-16-5-6-17-12(2)9-16/h3-4,7,12H,5-6,9-10H2,1-2H3. The molecule has 0 amide bonds. The molecule has 1 aromatic carbocycles. The van der Waals surface area contributed by atoms with Crippen molar-refractivity contribution >= 4 is 11.8 Å². The molecule has 0 bridgehead atoms. The molecule has 2 rings (SSSR count). The molecule has 0 aliphatic carbocycles. The molecule has 0 spiro atoms. The molecule has 1 saturated heterocycles. The molecule has 90 valence electrons. The number of benzene rings is 1. The molecule has 0 N–H and O–H groups in total. The van der Waals surface area contributed by atoms with Gasteiger partial charge in [-0.3, -0.25) is 4.90 Å². The van der Waals surface area contributed by atoms with E-state index < -0.39 is 0 Å². The van der Waals surface area contributed by atoms with Crippen LogP contribution in [0.2, 0.25) is 0 Å². The van der Waals surface area contributed by atoms with Crippen LogP contribution < -0.4 is 0 Å². The van der Waals surface area contributed by atoms with E-state index in [4.69, 9.17) is 5.26 Å². The Labute approximate surface area is 108 Å². The number of hydrogen-bond donors (Lipinski definition) is 0. The van der Waals surface area contributed by atoms with Gasteiger partial charge in [0.05, 0.1) is 11.6 Å². The monoisotopic (exact) mass is 246 g/mol. The van der Waals surface area contributed by atoms with E-state index in [0.717, 1.165) is 17.4 Å². The van der Waals surface area contributed by atoms with Crippen LogP contribution in [0.1, 0.15) is 23.6 Å². The summed E-state index contributed by atoms with van der Waals surface area (Å²) in [5, 5.41) is 9.58. The Bertz CT molecular complexity index is 436. The first kappa shape index (κ1) is 12.5. The molecule has 1 unspecified atom stereocenters. The summed E-state index contributed by atoms with van der Waals surface area (Å²) >= 11 is 2.06. The van der Waals surface area contributed by atoms with Crippen LogP contribution in [0.25, 0.3) is 0 Å². The smallest absolute Gasteiger partial charge is 0.0991 e. The summed E-state index contributed by atoms with van der Waals surface area (Å²) in [4.78, 5) is 2.51. The average Bonchev–Trinajstić information content (AvgIpc) is 2.32. The third kappa shape index (κ3) is 3.24. The van der Waals surface area contributed by atoms with Crippen LogP contribution in [-0.4, -0.2) is 29.0 Å². The van der Waals surface area contributed by atoms with E-state index in [1.165, 1.54) is 30.0 Å². The van der Waals surface area contributed by atoms with Gasteiger partial charge in [0.2, 0.25) is 0 Å². The average molecular weight is 246 g/mol. The maximum atomic E-state index is 8.85. The van der Waals surface area contributed by atoms with Gasteiger partial charge in [-0.25, -0.2) is 0 Å². The van der Waals surface area contributed by atoms with Gasteiger partial charge in [-0.05, 0) is 30.2 Å². The third-order valence-corrected chi connectivity index (χ3v) is 4.33. The summed E-state index contributed by atoms with van der Waals surface area (Å²) in [6.07, 6.45) is 0. The quantitative estimate of drug-likeness (QED) is 0.803. The normalized spacial score (nSPS) is 21.1. The summed E-state index contributed by atoms with van der Waals surface area (Å²) < 4.78 is 0. The molecule has 1 aliphatic rings. The van der Waals surface area contributed by atoms with Crippen molar-refractivity contribution < 1.29 is 0 Å². The molecule has 0 aromatic heterocycles. The van der Waals surface area contributed by atoms with Gasteiger partial charge < -0.3 is 0 Å². The maximum absolute atomic E-state index is 8.85. The van der Waals surface area contributed by atoms with Crippen molar-refractivity contribution in [3.05, 3.63) is 34.9 Å². The molecular weight excluding hydrogens is 228 g/mol. The number of rotatable bonds is 2. The van der Waals surface area contributed by atoms with Crippen molar-refractivity contribution in [1.29, 1.82) is 5.26 Å². The number of hydrogen-bond acceptors (Lipinski definition) is 3. The van der Waals surface area contributed by atoms with Crippen LogP contribution in [0, 0.1) is 18.3 Å². The zero-order valence-electron chi connectivity index (χ0n) is 10.4. The summed E-state index contributed by atoms with van der Waals surface area (Å²) in [5.41, 5.74) is 3.34. The fraction of sp³-hybridized carbons (Fsp3) is 0.500. The van der Waals surface area contributed by atoms with Crippen LogP contribution in [0.4, 0.5) is 0 Å². The Hall–Kier alpha value is -0.980. The van der Waals surface area contributed by atoms with Crippen molar-refractivity contribution in [2.75, 3.05) is 18.8 Å². The largest absolute Gasteiger partial charge is 0.297 e. The van der Waals surface area contributed by atoms with E-state index in [9.17, 15) is 0 Å². The van der Waals surface area contributed by atoms with E-state index in [1.807, 2.05) is 12.1 Å². The Morgan fingerprint density at radius 3 is 3.00 bits per heavy atom. The molecule has 1 atom stereocenters. The Morgan fingerprint density at radius 2 is 2.35 bits per heavy atom. The van der Waals surface area contributed by atoms with Gasteiger partial charge in [0.25, 0.3) is 0 Å². The lowest BCUT2D eigenvalue weighted by atomic mass is 10.1. The van der Waals surface area contributed by atoms with Crippen molar-refractivity contribution in [3.63, 3.8) is 0 Å². The lowest BCUT2D eigenvalue weighted by Crippen LogP contribution is -2.36. The highest BCUT2D eigenvalue weighted by Crippen LogP contribution is 2.20. The fourth-order valence-electron chi connectivity index (χ4n) is 2.22. The van der Waals surface area contributed by atoms with Crippen molar-refractivity contribution in [2.45, 2.75) is 25.6 Å².